The molecule has 0 aliphatic heterocycles. The van der Waals surface area contributed by atoms with Crippen molar-refractivity contribution in [2.45, 2.75) is 4.90 Å². The highest BCUT2D eigenvalue weighted by molar-refractivity contribution is 7.99. The maximum Gasteiger partial charge on any atom is 0.338 e. The van der Waals surface area contributed by atoms with Crippen molar-refractivity contribution >= 4 is 52.7 Å². The van der Waals surface area contributed by atoms with Crippen LogP contribution in [0, 0.1) is 0 Å². The smallest absolute Gasteiger partial charge is 0.338 e. The molecule has 0 heterocycles. The van der Waals surface area contributed by atoms with Crippen LogP contribution in [0.1, 0.15) is 10.4 Å². The number of ether oxygens (including phenoxy) is 3. The summed E-state index contributed by atoms with van der Waals surface area (Å²) < 4.78 is 15.3. The fourth-order valence-corrected chi connectivity index (χ4v) is 3.44. The summed E-state index contributed by atoms with van der Waals surface area (Å²) in [5, 5.41) is 3.35. The molecule has 11 heteroatoms. The highest BCUT2D eigenvalue weighted by Crippen LogP contribution is 2.36. The van der Waals surface area contributed by atoms with Crippen LogP contribution in [0.4, 0.5) is 0 Å². The molecule has 2 amide bonds. The zero-order valence-electron chi connectivity index (χ0n) is 16.5. The average molecular weight is 487 g/mol. The summed E-state index contributed by atoms with van der Waals surface area (Å²) >= 11 is 13.5. The third-order valence-electron chi connectivity index (χ3n) is 3.66. The van der Waals surface area contributed by atoms with Crippen molar-refractivity contribution in [3.8, 4) is 11.5 Å². The standard InChI is InChI=1S/C20H20Cl2N2O6S/c1-28-16-9-12(8-15(22)19(16)29-10-17(23)25)20(27)30-11-18(26)24-6-7-31-14-4-2-13(21)3-5-14/h2-5,8-9H,6-7,10-11H2,1H3,(H2,23,25)(H,24,26). The second-order valence-corrected chi connectivity index (χ2v) is 7.98. The minimum atomic E-state index is -0.771. The molecule has 2 rings (SSSR count). The number of carbonyl (C=O) groups is 3. The summed E-state index contributed by atoms with van der Waals surface area (Å²) in [7, 11) is 1.34. The number of halogens is 2. The number of thioether (sulfide) groups is 1. The zero-order chi connectivity index (χ0) is 22.8. The van der Waals surface area contributed by atoms with E-state index in [-0.39, 0.29) is 22.1 Å². The molecule has 0 atom stereocenters. The highest BCUT2D eigenvalue weighted by atomic mass is 35.5. The van der Waals surface area contributed by atoms with Gasteiger partial charge in [0.1, 0.15) is 0 Å². The van der Waals surface area contributed by atoms with Gasteiger partial charge in [0.2, 0.25) is 0 Å². The number of nitrogens with one attached hydrogen (secondary N) is 1. The van der Waals surface area contributed by atoms with Gasteiger partial charge in [0.05, 0.1) is 17.7 Å². The number of hydrogen-bond donors (Lipinski definition) is 2. The van der Waals surface area contributed by atoms with Gasteiger partial charge in [-0.2, -0.15) is 0 Å². The molecule has 0 aliphatic rings. The van der Waals surface area contributed by atoms with E-state index in [1.807, 2.05) is 12.1 Å². The van der Waals surface area contributed by atoms with Crippen molar-refractivity contribution < 1.29 is 28.6 Å². The third kappa shape index (κ3) is 8.20. The predicted molar refractivity (Wildman–Crippen MR) is 118 cm³/mol. The van der Waals surface area contributed by atoms with Crippen molar-refractivity contribution in [1.29, 1.82) is 0 Å². The van der Waals surface area contributed by atoms with Crippen LogP contribution in [-0.2, 0) is 14.3 Å². The lowest BCUT2D eigenvalue weighted by molar-refractivity contribution is -0.124. The maximum absolute atomic E-state index is 12.2. The van der Waals surface area contributed by atoms with Crippen LogP contribution in [0.15, 0.2) is 41.3 Å². The Morgan fingerprint density at radius 3 is 2.45 bits per heavy atom. The Kier molecular flexibility index (Phi) is 9.77. The first-order chi connectivity index (χ1) is 14.8. The summed E-state index contributed by atoms with van der Waals surface area (Å²) in [6.07, 6.45) is 0. The normalized spacial score (nSPS) is 10.3. The van der Waals surface area contributed by atoms with E-state index >= 15 is 0 Å². The van der Waals surface area contributed by atoms with Crippen LogP contribution in [0.25, 0.3) is 0 Å². The van der Waals surface area contributed by atoms with Crippen LogP contribution in [0.2, 0.25) is 10.0 Å². The Hall–Kier alpha value is -2.62. The van der Waals surface area contributed by atoms with Crippen LogP contribution in [-0.4, -0.2) is 50.4 Å². The largest absolute Gasteiger partial charge is 0.493 e. The Labute approximate surface area is 193 Å². The maximum atomic E-state index is 12.2. The molecule has 0 spiro atoms. The lowest BCUT2D eigenvalue weighted by Gasteiger charge is -2.13. The second kappa shape index (κ2) is 12.3. The predicted octanol–water partition coefficient (Wildman–Crippen LogP) is 2.93. The van der Waals surface area contributed by atoms with Crippen molar-refractivity contribution in [3.05, 3.63) is 52.0 Å². The van der Waals surface area contributed by atoms with Crippen molar-refractivity contribution in [3.63, 3.8) is 0 Å². The van der Waals surface area contributed by atoms with Gasteiger partial charge in [-0.15, -0.1) is 11.8 Å². The van der Waals surface area contributed by atoms with E-state index in [9.17, 15) is 14.4 Å². The van der Waals surface area contributed by atoms with E-state index in [0.29, 0.717) is 17.3 Å². The van der Waals surface area contributed by atoms with Crippen LogP contribution in [0.3, 0.4) is 0 Å². The summed E-state index contributed by atoms with van der Waals surface area (Å²) in [4.78, 5) is 36.1. The van der Waals surface area contributed by atoms with Crippen molar-refractivity contribution in [1.82, 2.24) is 5.32 Å². The van der Waals surface area contributed by atoms with Crippen molar-refractivity contribution in [2.75, 3.05) is 32.6 Å². The molecule has 0 aromatic heterocycles. The molecule has 0 saturated heterocycles. The molecule has 8 nitrogen and oxygen atoms in total. The topological polar surface area (TPSA) is 117 Å². The van der Waals surface area contributed by atoms with E-state index in [1.165, 1.54) is 19.2 Å². The molecule has 0 radical (unpaired) electrons. The van der Waals surface area contributed by atoms with E-state index in [0.717, 1.165) is 4.90 Å². The van der Waals surface area contributed by atoms with Gasteiger partial charge in [-0.1, -0.05) is 23.2 Å². The fourth-order valence-electron chi connectivity index (χ4n) is 2.28. The summed E-state index contributed by atoms with van der Waals surface area (Å²) in [5.74, 6) is -1.09. The van der Waals surface area contributed by atoms with Crippen LogP contribution >= 0.6 is 35.0 Å². The van der Waals surface area contributed by atoms with Gasteiger partial charge in [-0.25, -0.2) is 4.79 Å². The van der Waals surface area contributed by atoms with Gasteiger partial charge in [-0.3, -0.25) is 9.59 Å². The molecule has 2 aromatic rings. The zero-order valence-corrected chi connectivity index (χ0v) is 18.8. The molecule has 0 unspecified atom stereocenters. The molecule has 166 valence electrons. The number of nitrogens with two attached hydrogens (primary N) is 1. The van der Waals surface area contributed by atoms with Gasteiger partial charge < -0.3 is 25.3 Å². The van der Waals surface area contributed by atoms with Crippen LogP contribution < -0.4 is 20.5 Å². The second-order valence-electron chi connectivity index (χ2n) is 5.97. The average Bonchev–Trinajstić information content (AvgIpc) is 2.74. The van der Waals surface area contributed by atoms with E-state index < -0.39 is 31.0 Å². The first kappa shape index (κ1) is 24.6. The van der Waals surface area contributed by atoms with E-state index in [4.69, 9.17) is 43.1 Å². The van der Waals surface area contributed by atoms with Gasteiger partial charge in [0.25, 0.3) is 11.8 Å². The lowest BCUT2D eigenvalue weighted by atomic mass is 10.2. The Morgan fingerprint density at radius 2 is 1.81 bits per heavy atom. The van der Waals surface area contributed by atoms with Crippen LogP contribution in [0.5, 0.6) is 11.5 Å². The molecular weight excluding hydrogens is 467 g/mol. The quantitative estimate of drug-likeness (QED) is 0.284. The number of esters is 1. The molecule has 31 heavy (non-hydrogen) atoms. The molecule has 0 saturated carbocycles. The Morgan fingerprint density at radius 1 is 1.10 bits per heavy atom. The molecular formula is C20H20Cl2N2O6S. The fraction of sp³-hybridized carbons (Fsp3) is 0.250. The molecule has 0 fully saturated rings. The minimum Gasteiger partial charge on any atom is -0.493 e. The minimum absolute atomic E-state index is 0.0243. The molecule has 0 aliphatic carbocycles. The molecule has 3 N–H and O–H groups in total. The number of benzene rings is 2. The SMILES string of the molecule is COc1cc(C(=O)OCC(=O)NCCSc2ccc(Cl)cc2)cc(Cl)c1OCC(N)=O. The van der Waals surface area contributed by atoms with E-state index in [1.54, 1.807) is 23.9 Å². The Bertz CT molecular complexity index is 940. The van der Waals surface area contributed by atoms with Gasteiger partial charge >= 0.3 is 5.97 Å². The summed E-state index contributed by atoms with van der Waals surface area (Å²) in [5.41, 5.74) is 5.10. The Balaban J connectivity index is 1.81. The van der Waals surface area contributed by atoms with Crippen molar-refractivity contribution in [2.24, 2.45) is 5.73 Å². The lowest BCUT2D eigenvalue weighted by Crippen LogP contribution is -2.30. The number of carbonyl (C=O) groups excluding carboxylic acids is 3. The highest BCUT2D eigenvalue weighted by Gasteiger charge is 2.18. The number of rotatable bonds is 11. The summed E-state index contributed by atoms with van der Waals surface area (Å²) in [6.45, 7) is -0.462. The number of methoxy groups -OCH3 is 1. The molecule has 0 bridgehead atoms. The first-order valence-corrected chi connectivity index (χ1v) is 10.6. The number of hydrogen-bond acceptors (Lipinski definition) is 7. The van der Waals surface area contributed by atoms with Gasteiger partial charge in [0, 0.05) is 22.2 Å². The monoisotopic (exact) mass is 486 g/mol. The summed E-state index contributed by atoms with van der Waals surface area (Å²) in [6, 6.07) is 9.97. The molecule has 2 aromatic carbocycles. The van der Waals surface area contributed by atoms with Gasteiger partial charge in [-0.05, 0) is 36.4 Å². The third-order valence-corrected chi connectivity index (χ3v) is 5.21. The van der Waals surface area contributed by atoms with E-state index in [2.05, 4.69) is 5.32 Å². The number of primary amides is 1. The van der Waals surface area contributed by atoms with Gasteiger partial charge in [0.15, 0.2) is 24.7 Å². The first-order valence-electron chi connectivity index (χ1n) is 8.91. The number of amides is 2.